The Kier molecular flexibility index (Phi) is 6.93. The van der Waals surface area contributed by atoms with Crippen LogP contribution >= 0.6 is 0 Å². The Labute approximate surface area is 294 Å². The van der Waals surface area contributed by atoms with Gasteiger partial charge in [-0.3, -0.25) is 0 Å². The average molecular weight is 647 g/mol. The summed E-state index contributed by atoms with van der Waals surface area (Å²) >= 11 is 0. The molecule has 0 aliphatic rings. The van der Waals surface area contributed by atoms with Crippen LogP contribution in [-0.4, -0.2) is 4.57 Å². The summed E-state index contributed by atoms with van der Waals surface area (Å²) in [5.74, 6) is 0. The van der Waals surface area contributed by atoms with E-state index in [9.17, 15) is 15.8 Å². The topological polar surface area (TPSA) is 76.3 Å². The summed E-state index contributed by atoms with van der Waals surface area (Å²) in [5.41, 5.74) is 10.0. The number of rotatable bonds is 4. The van der Waals surface area contributed by atoms with Crippen molar-refractivity contribution in [2.75, 3.05) is 0 Å². The monoisotopic (exact) mass is 646 g/mol. The Balaban J connectivity index is 1.31. The molecule has 234 valence electrons. The average Bonchev–Trinajstić information content (AvgIpc) is 3.52. The lowest BCUT2D eigenvalue weighted by atomic mass is 9.84. The number of benzene rings is 8. The van der Waals surface area contributed by atoms with E-state index in [1.165, 1.54) is 5.56 Å². The second-order valence-electron chi connectivity index (χ2n) is 12.6. The lowest BCUT2D eigenvalue weighted by molar-refractivity contribution is 1.17. The van der Waals surface area contributed by atoms with Gasteiger partial charge in [0.1, 0.15) is 6.07 Å². The van der Waals surface area contributed by atoms with Crippen LogP contribution in [-0.2, 0) is 0 Å². The minimum atomic E-state index is 0.510. The Hall–Kier alpha value is -7.45. The predicted molar refractivity (Wildman–Crippen MR) is 206 cm³/mol. The minimum absolute atomic E-state index is 0.510. The first kappa shape index (κ1) is 29.7. The highest BCUT2D eigenvalue weighted by molar-refractivity contribution is 6.22. The molecule has 0 saturated carbocycles. The summed E-state index contributed by atoms with van der Waals surface area (Å²) in [6.45, 7) is 0. The Morgan fingerprint density at radius 3 is 1.65 bits per heavy atom. The molecule has 4 heteroatoms. The van der Waals surface area contributed by atoms with Crippen molar-refractivity contribution in [3.63, 3.8) is 0 Å². The fourth-order valence-electron chi connectivity index (χ4n) is 7.75. The van der Waals surface area contributed by atoms with Crippen LogP contribution in [0.25, 0.3) is 82.4 Å². The van der Waals surface area contributed by atoms with Gasteiger partial charge in [-0.1, -0.05) is 121 Å². The molecule has 9 aromatic rings. The number of aromatic nitrogens is 1. The first-order valence-corrected chi connectivity index (χ1v) is 16.7. The summed E-state index contributed by atoms with van der Waals surface area (Å²) < 4.78 is 2.11. The third kappa shape index (κ3) is 4.58. The normalized spacial score (nSPS) is 11.1. The van der Waals surface area contributed by atoms with Crippen molar-refractivity contribution in [1.29, 1.82) is 15.8 Å². The molecule has 0 aliphatic heterocycles. The van der Waals surface area contributed by atoms with Crippen LogP contribution in [0.5, 0.6) is 0 Å². The predicted octanol–water partition coefficient (Wildman–Crippen LogP) is 11.7. The van der Waals surface area contributed by atoms with Crippen molar-refractivity contribution in [2.24, 2.45) is 0 Å². The van der Waals surface area contributed by atoms with Gasteiger partial charge in [-0.2, -0.15) is 15.8 Å². The summed E-state index contributed by atoms with van der Waals surface area (Å²) in [5, 5.41) is 37.3. The molecule has 0 spiro atoms. The fourth-order valence-corrected chi connectivity index (χ4v) is 7.75. The zero-order chi connectivity index (χ0) is 34.5. The second-order valence-corrected chi connectivity index (χ2v) is 12.6. The van der Waals surface area contributed by atoms with Gasteiger partial charge in [0.05, 0.1) is 45.5 Å². The standard InChI is InChI=1S/C47H26N4/c48-27-30-21-24-44-42(25-30)37-14-8-9-20-43(37)51(44)47-33(28-49)13-10-19-36(47)32-22-23-35(34(26-32)29-50)46-40-17-6-4-15-38(40)45(31-11-2-1-3-12-31)39-16-5-7-18-41(39)46/h1-26H. The molecule has 0 radical (unpaired) electrons. The largest absolute Gasteiger partial charge is 0.307 e. The first-order valence-electron chi connectivity index (χ1n) is 16.7. The summed E-state index contributed by atoms with van der Waals surface area (Å²) in [4.78, 5) is 0. The maximum Gasteiger partial charge on any atom is 0.101 e. The molecule has 1 aromatic heterocycles. The molecule has 0 aliphatic carbocycles. The zero-order valence-corrected chi connectivity index (χ0v) is 27.3. The van der Waals surface area contributed by atoms with E-state index >= 15 is 0 Å². The van der Waals surface area contributed by atoms with E-state index in [1.54, 1.807) is 0 Å². The lowest BCUT2D eigenvalue weighted by Gasteiger charge is -2.19. The highest BCUT2D eigenvalue weighted by Crippen LogP contribution is 2.45. The van der Waals surface area contributed by atoms with Crippen LogP contribution in [0.2, 0.25) is 0 Å². The lowest BCUT2D eigenvalue weighted by Crippen LogP contribution is -2.01. The number of nitriles is 3. The summed E-state index contributed by atoms with van der Waals surface area (Å²) in [6, 6.07) is 60.1. The Morgan fingerprint density at radius 1 is 0.373 bits per heavy atom. The van der Waals surface area contributed by atoms with Crippen LogP contribution < -0.4 is 0 Å². The minimum Gasteiger partial charge on any atom is -0.307 e. The van der Waals surface area contributed by atoms with Crippen molar-refractivity contribution in [3.8, 4) is 57.3 Å². The van der Waals surface area contributed by atoms with E-state index in [0.717, 1.165) is 76.9 Å². The molecule has 51 heavy (non-hydrogen) atoms. The van der Waals surface area contributed by atoms with Crippen molar-refractivity contribution in [3.05, 3.63) is 174 Å². The van der Waals surface area contributed by atoms with Gasteiger partial charge < -0.3 is 4.57 Å². The second kappa shape index (κ2) is 11.9. The van der Waals surface area contributed by atoms with Gasteiger partial charge in [-0.05, 0) is 80.2 Å². The van der Waals surface area contributed by atoms with Crippen LogP contribution in [0.15, 0.2) is 158 Å². The molecule has 1 heterocycles. The van der Waals surface area contributed by atoms with Crippen molar-refractivity contribution in [1.82, 2.24) is 4.57 Å². The number of hydrogen-bond acceptors (Lipinski definition) is 3. The maximum atomic E-state index is 10.8. The summed E-state index contributed by atoms with van der Waals surface area (Å²) in [6.07, 6.45) is 0. The van der Waals surface area contributed by atoms with Crippen LogP contribution in [0.4, 0.5) is 0 Å². The van der Waals surface area contributed by atoms with Gasteiger partial charge >= 0.3 is 0 Å². The number of para-hydroxylation sites is 2. The SMILES string of the molecule is N#Cc1ccc2c(c1)c1ccccc1n2-c1c(C#N)cccc1-c1ccc(-c2c3ccccc3c(-c3ccccc3)c3ccccc23)c(C#N)c1. The molecule has 0 amide bonds. The van der Waals surface area contributed by atoms with Gasteiger partial charge in [0.25, 0.3) is 0 Å². The molecule has 0 atom stereocenters. The van der Waals surface area contributed by atoms with E-state index < -0.39 is 0 Å². The van der Waals surface area contributed by atoms with Crippen molar-refractivity contribution in [2.45, 2.75) is 0 Å². The molecule has 8 aromatic carbocycles. The Morgan fingerprint density at radius 2 is 0.980 bits per heavy atom. The summed E-state index contributed by atoms with van der Waals surface area (Å²) in [7, 11) is 0. The van der Waals surface area contributed by atoms with Gasteiger partial charge in [-0.25, -0.2) is 0 Å². The van der Waals surface area contributed by atoms with Crippen molar-refractivity contribution < 1.29 is 0 Å². The third-order valence-electron chi connectivity index (χ3n) is 9.90. The van der Waals surface area contributed by atoms with E-state index in [0.29, 0.717) is 16.7 Å². The molecule has 0 fully saturated rings. The molecular weight excluding hydrogens is 621 g/mol. The van der Waals surface area contributed by atoms with Gasteiger partial charge in [-0.15, -0.1) is 0 Å². The first-order chi connectivity index (χ1) is 25.2. The molecule has 0 N–H and O–H groups in total. The molecule has 0 saturated heterocycles. The maximum absolute atomic E-state index is 10.8. The van der Waals surface area contributed by atoms with Crippen molar-refractivity contribution >= 4 is 43.4 Å². The molecular formula is C47H26N4. The van der Waals surface area contributed by atoms with E-state index in [1.807, 2.05) is 72.8 Å². The molecule has 0 unspecified atom stereocenters. The highest BCUT2D eigenvalue weighted by atomic mass is 15.0. The molecule has 0 bridgehead atoms. The van der Waals surface area contributed by atoms with Crippen LogP contribution in [0.3, 0.4) is 0 Å². The quantitative estimate of drug-likeness (QED) is 0.179. The highest BCUT2D eigenvalue weighted by Gasteiger charge is 2.22. The fraction of sp³-hybridized carbons (Fsp3) is 0. The van der Waals surface area contributed by atoms with E-state index in [4.69, 9.17) is 0 Å². The smallest absolute Gasteiger partial charge is 0.101 e. The molecule has 9 rings (SSSR count). The van der Waals surface area contributed by atoms with Gasteiger partial charge in [0.2, 0.25) is 0 Å². The number of fused-ring (bicyclic) bond motifs is 5. The van der Waals surface area contributed by atoms with Gasteiger partial charge in [0, 0.05) is 21.9 Å². The van der Waals surface area contributed by atoms with Crippen LogP contribution in [0.1, 0.15) is 16.7 Å². The van der Waals surface area contributed by atoms with E-state index in [-0.39, 0.29) is 0 Å². The number of nitrogens with zero attached hydrogens (tertiary/aromatic N) is 4. The Bertz CT molecular complexity index is 2940. The van der Waals surface area contributed by atoms with Crippen LogP contribution in [0, 0.1) is 34.0 Å². The third-order valence-corrected chi connectivity index (χ3v) is 9.90. The number of hydrogen-bond donors (Lipinski definition) is 0. The van der Waals surface area contributed by atoms with Gasteiger partial charge in [0.15, 0.2) is 0 Å². The molecule has 4 nitrogen and oxygen atoms in total. The zero-order valence-electron chi connectivity index (χ0n) is 27.3. The van der Waals surface area contributed by atoms with E-state index in [2.05, 4.69) is 108 Å².